The number of carboxylic acid groups (broad SMARTS) is 1. The highest BCUT2D eigenvalue weighted by Crippen LogP contribution is 2.21. The van der Waals surface area contributed by atoms with Crippen LogP contribution in [0.4, 0.5) is 0 Å². The number of aliphatic carboxylic acids is 1. The molecule has 0 bridgehead atoms. The van der Waals surface area contributed by atoms with E-state index in [4.69, 9.17) is 14.6 Å². The molecule has 4 atom stereocenters. The molecule has 1 rings (SSSR count). The van der Waals surface area contributed by atoms with Gasteiger partial charge in [0.1, 0.15) is 11.9 Å². The SMILES string of the molecule is CC1O[C@@H](O[C@H](C)CCCCCCC(=O)O)C(O)=C[C@H]1O. The summed E-state index contributed by atoms with van der Waals surface area (Å²) in [6.45, 7) is 3.63. The predicted octanol–water partition coefficient (Wildman–Crippen LogP) is 2.36. The van der Waals surface area contributed by atoms with Crippen LogP contribution in [-0.4, -0.2) is 45.9 Å². The van der Waals surface area contributed by atoms with Crippen molar-refractivity contribution in [1.29, 1.82) is 0 Å². The Hall–Kier alpha value is -1.11. The number of ether oxygens (including phenoxy) is 2. The number of hydrogen-bond donors (Lipinski definition) is 3. The van der Waals surface area contributed by atoms with Crippen molar-refractivity contribution in [2.75, 3.05) is 0 Å². The maximum Gasteiger partial charge on any atom is 0.303 e. The lowest BCUT2D eigenvalue weighted by atomic mass is 10.1. The lowest BCUT2D eigenvalue weighted by molar-refractivity contribution is -0.205. The van der Waals surface area contributed by atoms with Gasteiger partial charge in [-0.25, -0.2) is 0 Å². The van der Waals surface area contributed by atoms with Gasteiger partial charge in [-0.3, -0.25) is 4.79 Å². The van der Waals surface area contributed by atoms with Crippen LogP contribution in [0.5, 0.6) is 0 Å². The molecular formula is C15H26O6. The predicted molar refractivity (Wildman–Crippen MR) is 76.9 cm³/mol. The number of aliphatic hydroxyl groups excluding tert-OH is 2. The summed E-state index contributed by atoms with van der Waals surface area (Å²) in [5.74, 6) is -0.839. The number of hydrogen-bond acceptors (Lipinski definition) is 5. The molecule has 122 valence electrons. The zero-order valence-electron chi connectivity index (χ0n) is 12.7. The smallest absolute Gasteiger partial charge is 0.303 e. The Balaban J connectivity index is 2.17. The van der Waals surface area contributed by atoms with Crippen LogP contribution in [0.15, 0.2) is 11.8 Å². The van der Waals surface area contributed by atoms with Crippen molar-refractivity contribution in [2.24, 2.45) is 0 Å². The van der Waals surface area contributed by atoms with Gasteiger partial charge in [0.2, 0.25) is 6.29 Å². The Kier molecular flexibility index (Phi) is 7.71. The number of unbranched alkanes of at least 4 members (excludes halogenated alkanes) is 3. The molecule has 6 nitrogen and oxygen atoms in total. The minimum absolute atomic E-state index is 0.0764. The van der Waals surface area contributed by atoms with Crippen molar-refractivity contribution in [1.82, 2.24) is 0 Å². The number of rotatable bonds is 9. The first-order valence-corrected chi connectivity index (χ1v) is 7.51. The largest absolute Gasteiger partial charge is 0.507 e. The molecule has 1 aliphatic rings. The summed E-state index contributed by atoms with van der Waals surface area (Å²) in [7, 11) is 0. The van der Waals surface area contributed by atoms with Gasteiger partial charge in [0, 0.05) is 6.42 Å². The molecule has 0 aliphatic carbocycles. The van der Waals surface area contributed by atoms with E-state index in [2.05, 4.69) is 0 Å². The van der Waals surface area contributed by atoms with Gasteiger partial charge in [0.15, 0.2) is 0 Å². The zero-order valence-corrected chi connectivity index (χ0v) is 12.7. The highest BCUT2D eigenvalue weighted by Gasteiger charge is 2.29. The summed E-state index contributed by atoms with van der Waals surface area (Å²) >= 11 is 0. The molecule has 1 aliphatic heterocycles. The molecule has 0 aromatic heterocycles. The van der Waals surface area contributed by atoms with E-state index in [0.717, 1.165) is 25.7 Å². The number of carbonyl (C=O) groups is 1. The highest BCUT2D eigenvalue weighted by atomic mass is 16.7. The Morgan fingerprint density at radius 1 is 1.38 bits per heavy atom. The van der Waals surface area contributed by atoms with Gasteiger partial charge in [-0.05, 0) is 32.8 Å². The van der Waals surface area contributed by atoms with Gasteiger partial charge in [-0.1, -0.05) is 19.3 Å². The van der Waals surface area contributed by atoms with E-state index in [-0.39, 0.29) is 18.3 Å². The summed E-state index contributed by atoms with van der Waals surface area (Å²) in [5, 5.41) is 27.7. The van der Waals surface area contributed by atoms with Crippen molar-refractivity contribution in [3.8, 4) is 0 Å². The summed E-state index contributed by atoms with van der Waals surface area (Å²) in [4.78, 5) is 10.4. The lowest BCUT2D eigenvalue weighted by Gasteiger charge is -2.30. The molecule has 0 fully saturated rings. The second kappa shape index (κ2) is 9.02. The van der Waals surface area contributed by atoms with Gasteiger partial charge in [-0.15, -0.1) is 0 Å². The van der Waals surface area contributed by atoms with Crippen LogP contribution in [0, 0.1) is 0 Å². The van der Waals surface area contributed by atoms with Crippen LogP contribution in [0.3, 0.4) is 0 Å². The number of carboxylic acids is 1. The first-order valence-electron chi connectivity index (χ1n) is 7.51. The molecule has 3 N–H and O–H groups in total. The van der Waals surface area contributed by atoms with Crippen molar-refractivity contribution in [3.63, 3.8) is 0 Å². The molecule has 21 heavy (non-hydrogen) atoms. The van der Waals surface area contributed by atoms with Crippen molar-refractivity contribution in [2.45, 2.75) is 77.0 Å². The van der Waals surface area contributed by atoms with Crippen molar-refractivity contribution >= 4 is 5.97 Å². The Bertz CT molecular complexity index is 354. The van der Waals surface area contributed by atoms with E-state index < -0.39 is 24.5 Å². The number of aliphatic hydroxyl groups is 2. The molecule has 1 heterocycles. The fraction of sp³-hybridized carbons (Fsp3) is 0.800. The normalized spacial score (nSPS) is 27.2. The fourth-order valence-corrected chi connectivity index (χ4v) is 2.18. The highest BCUT2D eigenvalue weighted by molar-refractivity contribution is 5.66. The first-order chi connectivity index (χ1) is 9.90. The van der Waals surface area contributed by atoms with Gasteiger partial charge >= 0.3 is 5.97 Å². The third-order valence-corrected chi connectivity index (χ3v) is 3.51. The Morgan fingerprint density at radius 2 is 2.05 bits per heavy atom. The van der Waals surface area contributed by atoms with E-state index in [9.17, 15) is 15.0 Å². The molecule has 0 radical (unpaired) electrons. The fourth-order valence-electron chi connectivity index (χ4n) is 2.18. The quantitative estimate of drug-likeness (QED) is 0.566. The van der Waals surface area contributed by atoms with Gasteiger partial charge in [-0.2, -0.15) is 0 Å². The van der Waals surface area contributed by atoms with E-state index in [1.54, 1.807) is 6.92 Å². The summed E-state index contributed by atoms with van der Waals surface area (Å²) < 4.78 is 11.0. The molecule has 0 saturated heterocycles. The summed E-state index contributed by atoms with van der Waals surface area (Å²) in [5.41, 5.74) is 0. The molecule has 0 aromatic carbocycles. The van der Waals surface area contributed by atoms with Gasteiger partial charge in [0.25, 0.3) is 0 Å². The summed E-state index contributed by atoms with van der Waals surface area (Å²) in [6, 6.07) is 0. The lowest BCUT2D eigenvalue weighted by Crippen LogP contribution is -2.38. The molecule has 0 amide bonds. The van der Waals surface area contributed by atoms with Crippen molar-refractivity contribution in [3.05, 3.63) is 11.8 Å². The molecule has 1 unspecified atom stereocenters. The van der Waals surface area contributed by atoms with Crippen LogP contribution in [0.1, 0.15) is 52.4 Å². The Morgan fingerprint density at radius 3 is 2.71 bits per heavy atom. The Labute approximate surface area is 125 Å². The third kappa shape index (κ3) is 6.93. The average molecular weight is 302 g/mol. The minimum atomic E-state index is -0.814. The molecular weight excluding hydrogens is 276 g/mol. The first kappa shape index (κ1) is 17.9. The standard InChI is InChI=1S/C15H26O6/c1-10(7-5-3-4-6-8-14(18)19)20-15-13(17)9-12(16)11(2)21-15/h9-12,15-17H,3-8H2,1-2H3,(H,18,19)/t10-,11?,12-,15-/m1/s1. The monoisotopic (exact) mass is 302 g/mol. The van der Waals surface area contributed by atoms with Gasteiger partial charge < -0.3 is 24.8 Å². The second-order valence-electron chi connectivity index (χ2n) is 5.55. The van der Waals surface area contributed by atoms with E-state index >= 15 is 0 Å². The second-order valence-corrected chi connectivity index (χ2v) is 5.55. The third-order valence-electron chi connectivity index (χ3n) is 3.51. The van der Waals surface area contributed by atoms with Crippen LogP contribution in [-0.2, 0) is 14.3 Å². The van der Waals surface area contributed by atoms with E-state index in [0.29, 0.717) is 6.42 Å². The summed E-state index contributed by atoms with van der Waals surface area (Å²) in [6.07, 6.45) is 3.78. The van der Waals surface area contributed by atoms with E-state index in [1.807, 2.05) is 6.92 Å². The van der Waals surface area contributed by atoms with Crippen LogP contribution < -0.4 is 0 Å². The maximum atomic E-state index is 10.4. The zero-order chi connectivity index (χ0) is 15.8. The van der Waals surface area contributed by atoms with Crippen LogP contribution in [0.25, 0.3) is 0 Å². The molecule has 6 heteroatoms. The van der Waals surface area contributed by atoms with E-state index in [1.165, 1.54) is 6.08 Å². The van der Waals surface area contributed by atoms with Crippen molar-refractivity contribution < 1.29 is 29.6 Å². The topological polar surface area (TPSA) is 96.2 Å². The van der Waals surface area contributed by atoms with Crippen LogP contribution in [0.2, 0.25) is 0 Å². The average Bonchev–Trinajstić information content (AvgIpc) is 2.39. The molecule has 0 aromatic rings. The molecule has 0 saturated carbocycles. The minimum Gasteiger partial charge on any atom is -0.507 e. The molecule has 0 spiro atoms. The van der Waals surface area contributed by atoms with Crippen LogP contribution >= 0.6 is 0 Å². The maximum absolute atomic E-state index is 10.4. The van der Waals surface area contributed by atoms with Gasteiger partial charge in [0.05, 0.1) is 12.2 Å².